The van der Waals surface area contributed by atoms with Gasteiger partial charge in [0.2, 0.25) is 5.91 Å². The molecule has 1 N–H and O–H groups in total. The molecule has 0 aromatic rings. The van der Waals surface area contributed by atoms with Crippen LogP contribution in [0.3, 0.4) is 0 Å². The molecule has 0 aromatic heterocycles. The van der Waals surface area contributed by atoms with E-state index in [0.29, 0.717) is 12.0 Å². The van der Waals surface area contributed by atoms with Gasteiger partial charge in [-0.25, -0.2) is 0 Å². The molecule has 134 valence electrons. The van der Waals surface area contributed by atoms with Crippen molar-refractivity contribution in [1.82, 2.24) is 15.1 Å². The van der Waals surface area contributed by atoms with Crippen molar-refractivity contribution < 1.29 is 4.79 Å². The van der Waals surface area contributed by atoms with Crippen LogP contribution in [-0.2, 0) is 4.79 Å². The number of hydrogen-bond donors (Lipinski definition) is 1. The van der Waals surface area contributed by atoms with Gasteiger partial charge in [0.15, 0.2) is 5.96 Å². The monoisotopic (exact) mass is 436 g/mol. The Morgan fingerprint density at radius 3 is 2.30 bits per heavy atom. The Balaban J connectivity index is 0.00000264. The zero-order valence-corrected chi connectivity index (χ0v) is 17.3. The fourth-order valence-corrected chi connectivity index (χ4v) is 3.92. The van der Waals surface area contributed by atoms with Crippen LogP contribution in [0.2, 0.25) is 0 Å². The van der Waals surface area contributed by atoms with Gasteiger partial charge in [-0.1, -0.05) is 25.7 Å². The number of nitrogens with one attached hydrogen (secondary N) is 1. The molecule has 2 fully saturated rings. The highest BCUT2D eigenvalue weighted by atomic mass is 127. The first kappa shape index (κ1) is 20.5. The van der Waals surface area contributed by atoms with Crippen LogP contribution in [0, 0.1) is 5.41 Å². The van der Waals surface area contributed by atoms with Crippen molar-refractivity contribution in [3.63, 3.8) is 0 Å². The van der Waals surface area contributed by atoms with Gasteiger partial charge in [0.05, 0.1) is 6.54 Å². The molecule has 23 heavy (non-hydrogen) atoms. The number of aliphatic imine (C=N–C) groups is 1. The maximum Gasteiger partial charge on any atom is 0.241 e. The van der Waals surface area contributed by atoms with Crippen LogP contribution < -0.4 is 5.32 Å². The fraction of sp³-hybridized carbons (Fsp3) is 0.882. The molecule has 1 aliphatic carbocycles. The first-order valence-corrected chi connectivity index (χ1v) is 8.72. The van der Waals surface area contributed by atoms with Gasteiger partial charge < -0.3 is 15.1 Å². The number of rotatable bonds is 2. The molecule has 0 unspecified atom stereocenters. The van der Waals surface area contributed by atoms with E-state index in [0.717, 1.165) is 19.0 Å². The van der Waals surface area contributed by atoms with E-state index in [1.807, 2.05) is 7.05 Å². The second-order valence-corrected chi connectivity index (χ2v) is 7.13. The highest BCUT2D eigenvalue weighted by molar-refractivity contribution is 14.0. The van der Waals surface area contributed by atoms with Crippen LogP contribution in [0.1, 0.15) is 51.4 Å². The minimum absolute atomic E-state index is 0. The van der Waals surface area contributed by atoms with Gasteiger partial charge in [0.25, 0.3) is 0 Å². The smallest absolute Gasteiger partial charge is 0.241 e. The van der Waals surface area contributed by atoms with Crippen molar-refractivity contribution in [2.45, 2.75) is 51.4 Å². The summed E-state index contributed by atoms with van der Waals surface area (Å²) in [7, 11) is 5.39. The number of likely N-dealkylation sites (tertiary alicyclic amines) is 1. The van der Waals surface area contributed by atoms with Crippen LogP contribution in [0.25, 0.3) is 0 Å². The highest BCUT2D eigenvalue weighted by Crippen LogP contribution is 2.42. The SMILES string of the molecule is CN=C(NCC(=O)N(C)C)N1CCCC2(CCCCCC2)C1.I. The van der Waals surface area contributed by atoms with Crippen molar-refractivity contribution in [1.29, 1.82) is 0 Å². The van der Waals surface area contributed by atoms with Gasteiger partial charge in [-0.3, -0.25) is 9.79 Å². The summed E-state index contributed by atoms with van der Waals surface area (Å²) in [6, 6.07) is 0. The predicted molar refractivity (Wildman–Crippen MR) is 106 cm³/mol. The lowest BCUT2D eigenvalue weighted by Crippen LogP contribution is -2.52. The standard InChI is InChI=1S/C17H32N4O.HI/c1-18-16(19-13-15(22)20(2)3)21-12-8-11-17(14-21)9-6-4-5-7-10-17;/h4-14H2,1-3H3,(H,18,19);1H. The Morgan fingerprint density at radius 1 is 1.13 bits per heavy atom. The third-order valence-corrected chi connectivity index (χ3v) is 5.23. The number of carbonyl (C=O) groups excluding carboxylic acids is 1. The Bertz CT molecular complexity index is 403. The average Bonchev–Trinajstić information content (AvgIpc) is 2.73. The number of halogens is 1. The van der Waals surface area contributed by atoms with E-state index in [9.17, 15) is 4.79 Å². The van der Waals surface area contributed by atoms with Crippen LogP contribution in [0.4, 0.5) is 0 Å². The third kappa shape index (κ3) is 5.80. The number of carbonyl (C=O) groups is 1. The van der Waals surface area contributed by atoms with E-state index in [2.05, 4.69) is 15.2 Å². The molecule has 0 aromatic carbocycles. The Labute approximate surface area is 158 Å². The van der Waals surface area contributed by atoms with E-state index in [-0.39, 0.29) is 29.9 Å². The summed E-state index contributed by atoms with van der Waals surface area (Å²) in [6.07, 6.45) is 10.9. The number of guanidine groups is 1. The number of nitrogens with zero attached hydrogens (tertiary/aromatic N) is 3. The van der Waals surface area contributed by atoms with E-state index < -0.39 is 0 Å². The van der Waals surface area contributed by atoms with Gasteiger partial charge in [0, 0.05) is 34.2 Å². The summed E-state index contributed by atoms with van der Waals surface area (Å²) < 4.78 is 0. The first-order valence-electron chi connectivity index (χ1n) is 8.72. The lowest BCUT2D eigenvalue weighted by molar-refractivity contribution is -0.127. The van der Waals surface area contributed by atoms with Crippen molar-refractivity contribution in [3.8, 4) is 0 Å². The molecule has 1 spiro atoms. The van der Waals surface area contributed by atoms with Crippen LogP contribution in [-0.4, -0.2) is 62.4 Å². The zero-order valence-electron chi connectivity index (χ0n) is 14.9. The van der Waals surface area contributed by atoms with Crippen molar-refractivity contribution in [3.05, 3.63) is 0 Å². The number of piperidine rings is 1. The van der Waals surface area contributed by atoms with Gasteiger partial charge in [-0.15, -0.1) is 24.0 Å². The molecule has 2 aliphatic rings. The van der Waals surface area contributed by atoms with Gasteiger partial charge in [0.1, 0.15) is 0 Å². The Hall–Kier alpha value is -0.530. The molecule has 1 saturated heterocycles. The van der Waals surface area contributed by atoms with Crippen molar-refractivity contribution >= 4 is 35.8 Å². The first-order chi connectivity index (χ1) is 10.6. The molecule has 2 rings (SSSR count). The van der Waals surface area contributed by atoms with Gasteiger partial charge in [-0.2, -0.15) is 0 Å². The summed E-state index contributed by atoms with van der Waals surface area (Å²) in [6.45, 7) is 2.48. The van der Waals surface area contributed by atoms with Crippen LogP contribution in [0.5, 0.6) is 0 Å². The predicted octanol–water partition coefficient (Wildman–Crippen LogP) is 2.70. The Kier molecular flexibility index (Phi) is 8.64. The number of hydrogen-bond acceptors (Lipinski definition) is 2. The van der Waals surface area contributed by atoms with Crippen LogP contribution in [0.15, 0.2) is 4.99 Å². The molecule has 6 heteroatoms. The summed E-state index contributed by atoms with van der Waals surface area (Å²) >= 11 is 0. The second-order valence-electron chi connectivity index (χ2n) is 7.13. The molecule has 1 aliphatic heterocycles. The van der Waals surface area contributed by atoms with Gasteiger partial charge in [-0.05, 0) is 31.1 Å². The molecule has 1 saturated carbocycles. The van der Waals surface area contributed by atoms with E-state index in [4.69, 9.17) is 0 Å². The second kappa shape index (κ2) is 9.69. The number of likely N-dealkylation sites (N-methyl/N-ethyl adjacent to an activating group) is 1. The van der Waals surface area contributed by atoms with Gasteiger partial charge >= 0.3 is 0 Å². The maximum absolute atomic E-state index is 11.8. The molecule has 0 radical (unpaired) electrons. The normalized spacial score (nSPS) is 21.3. The minimum Gasteiger partial charge on any atom is -0.347 e. The molecule has 1 amide bonds. The summed E-state index contributed by atoms with van der Waals surface area (Å²) in [5, 5.41) is 3.24. The molecule has 0 bridgehead atoms. The fourth-order valence-electron chi connectivity index (χ4n) is 3.92. The lowest BCUT2D eigenvalue weighted by atomic mass is 9.74. The molecular formula is C17H33IN4O. The summed E-state index contributed by atoms with van der Waals surface area (Å²) in [5.74, 6) is 0.973. The summed E-state index contributed by atoms with van der Waals surface area (Å²) in [5.41, 5.74) is 0.484. The topological polar surface area (TPSA) is 47.9 Å². The molecule has 5 nitrogen and oxygen atoms in total. The van der Waals surface area contributed by atoms with E-state index in [1.165, 1.54) is 51.4 Å². The highest BCUT2D eigenvalue weighted by Gasteiger charge is 2.36. The van der Waals surface area contributed by atoms with E-state index in [1.54, 1.807) is 19.0 Å². The quantitative estimate of drug-likeness (QED) is 0.412. The molecule has 1 heterocycles. The summed E-state index contributed by atoms with van der Waals surface area (Å²) in [4.78, 5) is 20.2. The average molecular weight is 436 g/mol. The largest absolute Gasteiger partial charge is 0.347 e. The van der Waals surface area contributed by atoms with Crippen molar-refractivity contribution in [2.75, 3.05) is 40.8 Å². The lowest BCUT2D eigenvalue weighted by Gasteiger charge is -2.44. The molecular weight excluding hydrogens is 403 g/mol. The van der Waals surface area contributed by atoms with Crippen LogP contribution >= 0.6 is 24.0 Å². The minimum atomic E-state index is 0. The van der Waals surface area contributed by atoms with E-state index >= 15 is 0 Å². The molecule has 0 atom stereocenters. The van der Waals surface area contributed by atoms with Crippen molar-refractivity contribution in [2.24, 2.45) is 10.4 Å². The maximum atomic E-state index is 11.8. The third-order valence-electron chi connectivity index (χ3n) is 5.23. The Morgan fingerprint density at radius 2 is 1.74 bits per heavy atom. The zero-order chi connectivity index (χ0) is 16.0. The number of amides is 1.